The molecule has 0 radical (unpaired) electrons. The van der Waals surface area contributed by atoms with Crippen molar-refractivity contribution in [1.82, 2.24) is 0 Å². The second-order valence-corrected chi connectivity index (χ2v) is 7.43. The summed E-state index contributed by atoms with van der Waals surface area (Å²) in [6, 6.07) is 6.09. The predicted molar refractivity (Wildman–Crippen MR) is 81.7 cm³/mol. The molecule has 21 heavy (non-hydrogen) atoms. The molecule has 5 heteroatoms. The van der Waals surface area contributed by atoms with Crippen LogP contribution in [-0.2, 0) is 19.5 Å². The van der Waals surface area contributed by atoms with E-state index in [1.165, 1.54) is 0 Å². The fourth-order valence-electron chi connectivity index (χ4n) is 3.19. The van der Waals surface area contributed by atoms with Gasteiger partial charge in [0.2, 0.25) is 5.91 Å². The van der Waals surface area contributed by atoms with E-state index in [4.69, 9.17) is 9.31 Å². The first-order valence-corrected chi connectivity index (χ1v) is 7.57. The van der Waals surface area contributed by atoms with E-state index in [-0.39, 0.29) is 29.6 Å². The number of rotatable bonds is 1. The van der Waals surface area contributed by atoms with Crippen molar-refractivity contribution in [2.24, 2.45) is 0 Å². The highest BCUT2D eigenvalue weighted by Crippen LogP contribution is 2.54. The molecule has 2 fully saturated rings. The fraction of sp³-hybridized carbons (Fsp3) is 0.562. The van der Waals surface area contributed by atoms with Gasteiger partial charge in [0.15, 0.2) is 0 Å². The number of fused-ring (bicyclic) bond motifs is 2. The Morgan fingerprint density at radius 3 is 2.29 bits per heavy atom. The molecule has 1 aromatic carbocycles. The maximum absolute atomic E-state index is 12.1. The van der Waals surface area contributed by atoms with Crippen molar-refractivity contribution in [2.45, 2.75) is 57.2 Å². The fourth-order valence-corrected chi connectivity index (χ4v) is 3.19. The molecule has 1 aliphatic carbocycles. The van der Waals surface area contributed by atoms with E-state index in [1.807, 2.05) is 39.8 Å². The lowest BCUT2D eigenvalue weighted by Gasteiger charge is -2.32. The zero-order valence-corrected chi connectivity index (χ0v) is 12.9. The molecule has 1 aromatic rings. The third kappa shape index (κ3) is 1.68. The van der Waals surface area contributed by atoms with Gasteiger partial charge in [-0.1, -0.05) is 12.1 Å². The van der Waals surface area contributed by atoms with E-state index in [0.29, 0.717) is 0 Å². The van der Waals surface area contributed by atoms with E-state index in [1.54, 1.807) is 0 Å². The Bertz CT molecular complexity index is 633. The minimum atomic E-state index is -0.382. The standard InChI is InChI=1S/C16H20BNO3/c1-14(2)15(3,4)21-17(20-14)10-5-6-11-12(9-10)18-13(19)16(11)7-8-16/h5-6,9H,7-8H2,1-4H3,(H,18,19). The molecule has 2 aliphatic heterocycles. The first-order valence-electron chi connectivity index (χ1n) is 7.57. The van der Waals surface area contributed by atoms with Crippen LogP contribution in [0.4, 0.5) is 5.69 Å². The Morgan fingerprint density at radius 1 is 1.10 bits per heavy atom. The number of benzene rings is 1. The van der Waals surface area contributed by atoms with E-state index in [2.05, 4.69) is 11.4 Å². The first-order chi connectivity index (χ1) is 9.75. The van der Waals surface area contributed by atoms with Crippen LogP contribution in [0.1, 0.15) is 46.1 Å². The highest BCUT2D eigenvalue weighted by atomic mass is 16.7. The lowest BCUT2D eigenvalue weighted by atomic mass is 9.78. The second-order valence-electron chi connectivity index (χ2n) is 7.43. The van der Waals surface area contributed by atoms with Gasteiger partial charge in [-0.3, -0.25) is 4.79 Å². The van der Waals surface area contributed by atoms with Crippen molar-refractivity contribution >= 4 is 24.2 Å². The molecule has 4 nitrogen and oxygen atoms in total. The van der Waals surface area contributed by atoms with Gasteiger partial charge in [-0.05, 0) is 57.6 Å². The lowest BCUT2D eigenvalue weighted by molar-refractivity contribution is -0.117. The van der Waals surface area contributed by atoms with Crippen molar-refractivity contribution in [2.75, 3.05) is 5.32 Å². The molecule has 110 valence electrons. The summed E-state index contributed by atoms with van der Waals surface area (Å²) < 4.78 is 12.1. The van der Waals surface area contributed by atoms with Crippen LogP contribution in [0.15, 0.2) is 18.2 Å². The van der Waals surface area contributed by atoms with Crippen molar-refractivity contribution in [3.63, 3.8) is 0 Å². The summed E-state index contributed by atoms with van der Waals surface area (Å²) in [6.45, 7) is 8.17. The number of hydrogen-bond donors (Lipinski definition) is 1. The van der Waals surface area contributed by atoms with Gasteiger partial charge in [0.25, 0.3) is 0 Å². The Balaban J connectivity index is 1.68. The Morgan fingerprint density at radius 2 is 1.71 bits per heavy atom. The zero-order valence-electron chi connectivity index (χ0n) is 12.9. The summed E-state index contributed by atoms with van der Waals surface area (Å²) in [7, 11) is -0.382. The monoisotopic (exact) mass is 285 g/mol. The van der Waals surface area contributed by atoms with Gasteiger partial charge in [-0.25, -0.2) is 0 Å². The third-order valence-corrected chi connectivity index (χ3v) is 5.52. The number of anilines is 1. The maximum atomic E-state index is 12.1. The molecule has 0 bridgehead atoms. The summed E-state index contributed by atoms with van der Waals surface area (Å²) in [6.07, 6.45) is 1.92. The van der Waals surface area contributed by atoms with E-state index < -0.39 is 0 Å². The molecule has 3 aliphatic rings. The highest BCUT2D eigenvalue weighted by molar-refractivity contribution is 6.62. The van der Waals surface area contributed by atoms with Crippen LogP contribution in [0.2, 0.25) is 0 Å². The van der Waals surface area contributed by atoms with Crippen molar-refractivity contribution in [3.8, 4) is 0 Å². The molecular formula is C16H20BNO3. The number of carbonyl (C=O) groups excluding carboxylic acids is 1. The molecule has 1 saturated heterocycles. The van der Waals surface area contributed by atoms with Gasteiger partial charge in [-0.2, -0.15) is 0 Å². The Hall–Kier alpha value is -1.33. The zero-order chi connectivity index (χ0) is 15.0. The summed E-state index contributed by atoms with van der Waals surface area (Å²) >= 11 is 0. The molecular weight excluding hydrogens is 265 g/mol. The summed E-state index contributed by atoms with van der Waals surface area (Å²) in [5, 5.41) is 3.01. The molecule has 0 atom stereocenters. The average molecular weight is 285 g/mol. The molecule has 4 rings (SSSR count). The van der Waals surface area contributed by atoms with Crippen molar-refractivity contribution in [1.29, 1.82) is 0 Å². The lowest BCUT2D eigenvalue weighted by Crippen LogP contribution is -2.41. The smallest absolute Gasteiger partial charge is 0.399 e. The normalized spacial score (nSPS) is 26.9. The number of hydrogen-bond acceptors (Lipinski definition) is 3. The highest BCUT2D eigenvalue weighted by Gasteiger charge is 2.57. The van der Waals surface area contributed by atoms with Gasteiger partial charge in [0, 0.05) is 5.69 Å². The van der Waals surface area contributed by atoms with E-state index in [9.17, 15) is 4.79 Å². The molecule has 0 aromatic heterocycles. The van der Waals surface area contributed by atoms with E-state index >= 15 is 0 Å². The minimum absolute atomic E-state index is 0.142. The van der Waals surface area contributed by atoms with Gasteiger partial charge < -0.3 is 14.6 Å². The predicted octanol–water partition coefficient (Wildman–Crippen LogP) is 1.97. The number of carbonyl (C=O) groups is 1. The number of amides is 1. The molecule has 1 saturated carbocycles. The van der Waals surface area contributed by atoms with Crippen molar-refractivity contribution in [3.05, 3.63) is 23.8 Å². The largest absolute Gasteiger partial charge is 0.494 e. The average Bonchev–Trinajstić information content (AvgIpc) is 3.08. The van der Waals surface area contributed by atoms with Gasteiger partial charge in [-0.15, -0.1) is 0 Å². The number of nitrogens with one attached hydrogen (secondary N) is 1. The molecule has 1 spiro atoms. The van der Waals surface area contributed by atoms with Crippen LogP contribution < -0.4 is 10.8 Å². The summed E-state index contributed by atoms with van der Waals surface area (Å²) in [4.78, 5) is 12.1. The van der Waals surface area contributed by atoms with Gasteiger partial charge in [0.05, 0.1) is 16.6 Å². The first kappa shape index (κ1) is 13.3. The third-order valence-electron chi connectivity index (χ3n) is 5.52. The molecule has 1 N–H and O–H groups in total. The maximum Gasteiger partial charge on any atom is 0.494 e. The second kappa shape index (κ2) is 3.71. The van der Waals surface area contributed by atoms with Crippen LogP contribution in [0.5, 0.6) is 0 Å². The molecule has 1 amide bonds. The van der Waals surface area contributed by atoms with Crippen LogP contribution in [0.25, 0.3) is 0 Å². The van der Waals surface area contributed by atoms with Crippen LogP contribution in [0, 0.1) is 0 Å². The van der Waals surface area contributed by atoms with Crippen molar-refractivity contribution < 1.29 is 14.1 Å². The summed E-state index contributed by atoms with van der Waals surface area (Å²) in [5.41, 5.74) is 2.09. The Kier molecular flexibility index (Phi) is 2.36. The quantitative estimate of drug-likeness (QED) is 0.802. The molecule has 2 heterocycles. The Labute approximate surface area is 125 Å². The van der Waals surface area contributed by atoms with Crippen LogP contribution >= 0.6 is 0 Å². The van der Waals surface area contributed by atoms with Gasteiger partial charge >= 0.3 is 7.12 Å². The van der Waals surface area contributed by atoms with Gasteiger partial charge in [0.1, 0.15) is 0 Å². The molecule has 0 unspecified atom stereocenters. The minimum Gasteiger partial charge on any atom is -0.399 e. The van der Waals surface area contributed by atoms with E-state index in [0.717, 1.165) is 29.6 Å². The van der Waals surface area contributed by atoms with Crippen LogP contribution in [0.3, 0.4) is 0 Å². The SMILES string of the molecule is CC1(C)OB(c2ccc3c(c2)NC(=O)C32CC2)OC1(C)C. The topological polar surface area (TPSA) is 47.6 Å². The summed E-state index contributed by atoms with van der Waals surface area (Å²) in [5.74, 6) is 0.142. The van der Waals surface area contributed by atoms with Crippen LogP contribution in [-0.4, -0.2) is 24.2 Å².